The fourth-order valence-corrected chi connectivity index (χ4v) is 14.1. The number of ether oxygens (including phenoxy) is 1. The first-order valence-corrected chi connectivity index (χ1v) is 18.0. The zero-order chi connectivity index (χ0) is 26.4. The van der Waals surface area contributed by atoms with Crippen molar-refractivity contribution in [1.29, 1.82) is 0 Å². The monoisotopic (exact) mass is 554 g/mol. The minimum Gasteiger partial charge on any atom is -0.407 e. The number of allylic oxidation sites excluding steroid dienone is 1. The molecule has 2 saturated heterocycles. The van der Waals surface area contributed by atoms with E-state index in [9.17, 15) is 0 Å². The first kappa shape index (κ1) is 29.0. The quantitative estimate of drug-likeness (QED) is 0.234. The number of rotatable bonds is 9. The third-order valence-corrected chi connectivity index (χ3v) is 16.3. The van der Waals surface area contributed by atoms with Crippen LogP contribution >= 0.6 is 23.5 Å². The van der Waals surface area contributed by atoms with Crippen molar-refractivity contribution in [3.63, 3.8) is 0 Å². The molecule has 2 aromatic rings. The average Bonchev–Trinajstić information content (AvgIpc) is 2.89. The van der Waals surface area contributed by atoms with Gasteiger partial charge in [0.15, 0.2) is 0 Å². The Morgan fingerprint density at radius 2 is 1.57 bits per heavy atom. The largest absolute Gasteiger partial charge is 0.407 e. The summed E-state index contributed by atoms with van der Waals surface area (Å²) >= 11 is 4.25. The molecule has 37 heavy (non-hydrogen) atoms. The zero-order valence-corrected chi connectivity index (χ0v) is 26.1. The van der Waals surface area contributed by atoms with Gasteiger partial charge >= 0.3 is 0 Å². The molecule has 0 unspecified atom stereocenters. The van der Waals surface area contributed by atoms with Crippen LogP contribution in [0.5, 0.6) is 0 Å². The van der Waals surface area contributed by atoms with Crippen molar-refractivity contribution in [2.75, 3.05) is 18.1 Å². The Hall–Kier alpha value is -0.983. The highest BCUT2D eigenvalue weighted by molar-refractivity contribution is 8.19. The summed E-state index contributed by atoms with van der Waals surface area (Å²) in [4.78, 5) is 0. The van der Waals surface area contributed by atoms with Crippen molar-refractivity contribution in [2.45, 2.75) is 88.0 Å². The normalized spacial score (nSPS) is 24.8. The lowest BCUT2D eigenvalue weighted by atomic mass is 9.90. The molecule has 0 saturated carbocycles. The maximum Gasteiger partial charge on any atom is 0.261 e. The van der Waals surface area contributed by atoms with Crippen molar-refractivity contribution in [1.82, 2.24) is 0 Å². The molecule has 2 heterocycles. The maximum atomic E-state index is 7.20. The minimum absolute atomic E-state index is 0.00553. The highest BCUT2D eigenvalue weighted by atomic mass is 32.2. The molecule has 2 nitrogen and oxygen atoms in total. The van der Waals surface area contributed by atoms with E-state index in [1.165, 1.54) is 41.1 Å². The van der Waals surface area contributed by atoms with Crippen molar-refractivity contribution >= 4 is 42.2 Å². The van der Waals surface area contributed by atoms with Crippen molar-refractivity contribution in [3.05, 3.63) is 72.8 Å². The van der Waals surface area contributed by atoms with Gasteiger partial charge in [-0.2, -0.15) is 0 Å². The summed E-state index contributed by atoms with van der Waals surface area (Å²) < 4.78 is 14.2. The summed E-state index contributed by atoms with van der Waals surface area (Å²) in [5, 5.41) is 2.71. The van der Waals surface area contributed by atoms with Crippen LogP contribution < -0.4 is 10.4 Å². The molecular weight excluding hydrogens is 509 g/mol. The smallest absolute Gasteiger partial charge is 0.261 e. The zero-order valence-electron chi connectivity index (χ0n) is 23.5. The lowest BCUT2D eigenvalue weighted by molar-refractivity contribution is -0.0882. The Morgan fingerprint density at radius 3 is 2.11 bits per heavy atom. The summed E-state index contributed by atoms with van der Waals surface area (Å²) in [5.74, 6) is 3.09. The Labute approximate surface area is 235 Å². The van der Waals surface area contributed by atoms with Gasteiger partial charge in [-0.05, 0) is 65.4 Å². The van der Waals surface area contributed by atoms with E-state index in [-0.39, 0.29) is 15.2 Å². The van der Waals surface area contributed by atoms with E-state index in [2.05, 4.69) is 131 Å². The summed E-state index contributed by atoms with van der Waals surface area (Å²) in [6.07, 6.45) is 11.1. The topological polar surface area (TPSA) is 18.5 Å². The molecule has 0 bridgehead atoms. The summed E-state index contributed by atoms with van der Waals surface area (Å²) in [7, 11) is -2.50. The van der Waals surface area contributed by atoms with Gasteiger partial charge in [-0.25, -0.2) is 0 Å². The van der Waals surface area contributed by atoms with Gasteiger partial charge in [0.1, 0.15) is 0 Å². The molecule has 202 valence electrons. The third-order valence-electron chi connectivity index (χ3n) is 8.00. The van der Waals surface area contributed by atoms with E-state index >= 15 is 0 Å². The molecule has 2 fully saturated rings. The summed E-state index contributed by atoms with van der Waals surface area (Å²) in [6, 6.07) is 22.0. The van der Waals surface area contributed by atoms with Crippen LogP contribution in [0.15, 0.2) is 72.8 Å². The molecule has 5 heteroatoms. The molecule has 3 atom stereocenters. The molecule has 0 aliphatic carbocycles. The molecule has 0 spiro atoms. The number of hydrogen-bond acceptors (Lipinski definition) is 4. The first-order chi connectivity index (χ1) is 17.8. The highest BCUT2D eigenvalue weighted by Crippen LogP contribution is 2.48. The maximum absolute atomic E-state index is 7.20. The van der Waals surface area contributed by atoms with Crippen LogP contribution in [0.1, 0.15) is 66.7 Å². The van der Waals surface area contributed by atoms with E-state index in [1.807, 2.05) is 0 Å². The van der Waals surface area contributed by atoms with Crippen LogP contribution in [-0.2, 0) is 9.16 Å². The third kappa shape index (κ3) is 6.78. The number of benzene rings is 2. The van der Waals surface area contributed by atoms with Crippen LogP contribution in [0.3, 0.4) is 0 Å². The van der Waals surface area contributed by atoms with Gasteiger partial charge in [-0.1, -0.05) is 101 Å². The van der Waals surface area contributed by atoms with E-state index in [1.54, 1.807) is 0 Å². The molecule has 2 aliphatic heterocycles. The Bertz CT molecular complexity index is 943. The van der Waals surface area contributed by atoms with E-state index in [0.717, 1.165) is 19.4 Å². The Morgan fingerprint density at radius 1 is 0.973 bits per heavy atom. The SMILES string of the molecule is C/C=C/C1(C[C@H]2CC[C@H](C)[C@@H](CCO[Si](c3ccccc3)(c3ccccc3)C(C)(C)C)O2)SCCCS1. The van der Waals surface area contributed by atoms with Crippen LogP contribution in [0.2, 0.25) is 5.04 Å². The highest BCUT2D eigenvalue weighted by Gasteiger charge is 2.50. The van der Waals surface area contributed by atoms with E-state index < -0.39 is 8.32 Å². The van der Waals surface area contributed by atoms with E-state index in [4.69, 9.17) is 9.16 Å². The van der Waals surface area contributed by atoms with Crippen molar-refractivity contribution < 1.29 is 9.16 Å². The molecule has 0 aromatic heterocycles. The Balaban J connectivity index is 1.50. The van der Waals surface area contributed by atoms with Gasteiger partial charge < -0.3 is 9.16 Å². The lowest BCUT2D eigenvalue weighted by Gasteiger charge is -2.44. The van der Waals surface area contributed by atoms with Gasteiger partial charge in [0.2, 0.25) is 0 Å². The second-order valence-corrected chi connectivity index (χ2v) is 19.1. The van der Waals surface area contributed by atoms with E-state index in [0.29, 0.717) is 12.0 Å². The minimum atomic E-state index is -2.50. The Kier molecular flexibility index (Phi) is 10.1. The molecule has 2 aromatic carbocycles. The standard InChI is InChI=1S/C32H46O2S2Si/c1-6-21-32(35-23-13-24-36-32)25-27-19-18-26(2)30(34-27)20-22-33-37(31(3,4)5,28-14-9-7-10-15-28)29-16-11-8-12-17-29/h6-12,14-17,21,26-27,30H,13,18-20,22-25H2,1-5H3/b21-6+/t26-,27+,30+/m0/s1. The number of hydrogen-bond donors (Lipinski definition) is 0. The van der Waals surface area contributed by atoms with Crippen LogP contribution in [0, 0.1) is 5.92 Å². The molecule has 0 N–H and O–H groups in total. The predicted octanol–water partition coefficient (Wildman–Crippen LogP) is 7.67. The predicted molar refractivity (Wildman–Crippen MR) is 167 cm³/mol. The van der Waals surface area contributed by atoms with Gasteiger partial charge in [-0.3, -0.25) is 0 Å². The molecule has 4 rings (SSSR count). The fourth-order valence-electron chi connectivity index (χ4n) is 6.12. The average molecular weight is 555 g/mol. The fraction of sp³-hybridized carbons (Fsp3) is 0.562. The van der Waals surface area contributed by atoms with Gasteiger partial charge in [-0.15, -0.1) is 23.5 Å². The van der Waals surface area contributed by atoms with Gasteiger partial charge in [0.25, 0.3) is 8.32 Å². The summed E-state index contributed by atoms with van der Waals surface area (Å²) in [6.45, 7) is 12.3. The van der Waals surface area contributed by atoms with Crippen LogP contribution in [0.25, 0.3) is 0 Å². The molecule has 2 aliphatic rings. The first-order valence-electron chi connectivity index (χ1n) is 14.1. The molecular formula is C32H46O2S2Si. The van der Waals surface area contributed by atoms with Gasteiger partial charge in [0.05, 0.1) is 16.3 Å². The second-order valence-electron chi connectivity index (χ2n) is 11.7. The van der Waals surface area contributed by atoms with Gasteiger partial charge in [0, 0.05) is 13.0 Å². The number of thioether (sulfide) groups is 2. The summed E-state index contributed by atoms with van der Waals surface area (Å²) in [5.41, 5.74) is 0. The molecule has 0 radical (unpaired) electrons. The lowest BCUT2D eigenvalue weighted by Crippen LogP contribution is -2.66. The van der Waals surface area contributed by atoms with Crippen LogP contribution in [0.4, 0.5) is 0 Å². The van der Waals surface area contributed by atoms with Crippen molar-refractivity contribution in [2.24, 2.45) is 5.92 Å². The van der Waals surface area contributed by atoms with Crippen molar-refractivity contribution in [3.8, 4) is 0 Å². The molecule has 0 amide bonds. The second kappa shape index (κ2) is 12.9. The van der Waals surface area contributed by atoms with Crippen LogP contribution in [-0.4, -0.2) is 42.7 Å².